The van der Waals surface area contributed by atoms with Crippen LogP contribution in [-0.4, -0.2) is 33.5 Å². The van der Waals surface area contributed by atoms with Crippen LogP contribution in [0.25, 0.3) is 17.1 Å². The van der Waals surface area contributed by atoms with Crippen molar-refractivity contribution in [1.29, 1.82) is 5.26 Å². The standard InChI is InChI=1S/C13H13N5/c1-17(2)8-11(7-14)18-9-13(16-10-18)12-5-3-4-6-15-12/h3-6,8-10H,1-2H3/b11-8-. The van der Waals surface area contributed by atoms with Crippen LogP contribution < -0.4 is 0 Å². The van der Waals surface area contributed by atoms with Gasteiger partial charge in [0.1, 0.15) is 23.8 Å². The molecule has 2 aromatic rings. The molecule has 2 rings (SSSR count). The molecule has 0 fully saturated rings. The van der Waals surface area contributed by atoms with Gasteiger partial charge in [0, 0.05) is 32.7 Å². The molecule has 0 N–H and O–H groups in total. The summed E-state index contributed by atoms with van der Waals surface area (Å²) in [7, 11) is 3.74. The van der Waals surface area contributed by atoms with Crippen molar-refractivity contribution < 1.29 is 0 Å². The molecule has 0 spiro atoms. The molecule has 5 heteroatoms. The van der Waals surface area contributed by atoms with Gasteiger partial charge in [-0.2, -0.15) is 5.26 Å². The SMILES string of the molecule is CN(C)/C=C(/C#N)n1cnc(-c2ccccn2)c1. The van der Waals surface area contributed by atoms with Gasteiger partial charge in [-0.1, -0.05) is 6.07 Å². The highest BCUT2D eigenvalue weighted by Gasteiger charge is 2.05. The van der Waals surface area contributed by atoms with E-state index in [1.807, 2.05) is 37.2 Å². The van der Waals surface area contributed by atoms with Crippen LogP contribution in [0.2, 0.25) is 0 Å². The normalized spacial score (nSPS) is 11.1. The summed E-state index contributed by atoms with van der Waals surface area (Å²) in [5, 5.41) is 9.10. The molecule has 0 saturated carbocycles. The highest BCUT2D eigenvalue weighted by Crippen LogP contribution is 2.15. The summed E-state index contributed by atoms with van der Waals surface area (Å²) in [4.78, 5) is 10.3. The van der Waals surface area contributed by atoms with Crippen molar-refractivity contribution in [1.82, 2.24) is 19.4 Å². The zero-order valence-electron chi connectivity index (χ0n) is 10.3. The lowest BCUT2D eigenvalue weighted by molar-refractivity contribution is 0.563. The van der Waals surface area contributed by atoms with Crippen LogP contribution in [0.15, 0.2) is 43.1 Å². The van der Waals surface area contributed by atoms with Gasteiger partial charge in [0.25, 0.3) is 0 Å². The third kappa shape index (κ3) is 2.55. The minimum absolute atomic E-state index is 0.509. The Balaban J connectivity index is 2.34. The molecule has 0 atom stereocenters. The predicted molar refractivity (Wildman–Crippen MR) is 69.0 cm³/mol. The first kappa shape index (κ1) is 11.9. The summed E-state index contributed by atoms with van der Waals surface area (Å²) < 4.78 is 1.68. The first-order valence-corrected chi connectivity index (χ1v) is 5.45. The van der Waals surface area contributed by atoms with E-state index in [0.29, 0.717) is 5.70 Å². The van der Waals surface area contributed by atoms with Crippen molar-refractivity contribution in [3.63, 3.8) is 0 Å². The van der Waals surface area contributed by atoms with E-state index >= 15 is 0 Å². The van der Waals surface area contributed by atoms with Gasteiger partial charge in [-0.25, -0.2) is 4.98 Å². The van der Waals surface area contributed by atoms with Crippen LogP contribution in [0.5, 0.6) is 0 Å². The van der Waals surface area contributed by atoms with Crippen molar-refractivity contribution in [2.24, 2.45) is 0 Å². The summed E-state index contributed by atoms with van der Waals surface area (Å²) >= 11 is 0. The number of nitrogens with zero attached hydrogens (tertiary/aromatic N) is 5. The molecule has 5 nitrogen and oxygen atoms in total. The number of nitriles is 1. The zero-order chi connectivity index (χ0) is 13.0. The fourth-order valence-electron chi connectivity index (χ4n) is 1.50. The van der Waals surface area contributed by atoms with Gasteiger partial charge in [-0.05, 0) is 12.1 Å². The van der Waals surface area contributed by atoms with E-state index in [1.165, 1.54) is 0 Å². The first-order chi connectivity index (χ1) is 8.70. The monoisotopic (exact) mass is 239 g/mol. The molecule has 2 heterocycles. The minimum atomic E-state index is 0.509. The maximum Gasteiger partial charge on any atom is 0.141 e. The molecule has 0 amide bonds. The number of rotatable bonds is 3. The Labute approximate surface area is 106 Å². The Bertz CT molecular complexity index is 589. The minimum Gasteiger partial charge on any atom is -0.381 e. The molecule has 0 aliphatic rings. The predicted octanol–water partition coefficient (Wildman–Crippen LogP) is 1.83. The van der Waals surface area contributed by atoms with Crippen LogP contribution in [0.3, 0.4) is 0 Å². The molecule has 0 aromatic carbocycles. The van der Waals surface area contributed by atoms with Crippen LogP contribution in [-0.2, 0) is 0 Å². The topological polar surface area (TPSA) is 57.7 Å². The molecular weight excluding hydrogens is 226 g/mol. The Morgan fingerprint density at radius 2 is 2.17 bits per heavy atom. The lowest BCUT2D eigenvalue weighted by Gasteiger charge is -2.06. The lowest BCUT2D eigenvalue weighted by Crippen LogP contribution is -2.04. The third-order valence-corrected chi connectivity index (χ3v) is 2.28. The average molecular weight is 239 g/mol. The molecule has 0 unspecified atom stereocenters. The van der Waals surface area contributed by atoms with Crippen molar-refractivity contribution in [3.8, 4) is 17.5 Å². The number of aromatic nitrogens is 3. The average Bonchev–Trinajstić information content (AvgIpc) is 2.86. The Morgan fingerprint density at radius 1 is 1.33 bits per heavy atom. The lowest BCUT2D eigenvalue weighted by atomic mass is 10.3. The second-order valence-corrected chi connectivity index (χ2v) is 3.97. The van der Waals surface area contributed by atoms with E-state index in [-0.39, 0.29) is 0 Å². The smallest absolute Gasteiger partial charge is 0.141 e. The summed E-state index contributed by atoms with van der Waals surface area (Å²) in [6, 6.07) is 7.78. The molecule has 0 bridgehead atoms. The Hall–Kier alpha value is -2.61. The molecule has 2 aromatic heterocycles. The number of pyridine rings is 1. The molecule has 0 saturated heterocycles. The van der Waals surface area contributed by atoms with E-state index in [1.54, 1.807) is 29.5 Å². The second-order valence-electron chi connectivity index (χ2n) is 3.97. The highest BCUT2D eigenvalue weighted by molar-refractivity contribution is 5.62. The number of hydrogen-bond acceptors (Lipinski definition) is 4. The summed E-state index contributed by atoms with van der Waals surface area (Å²) in [5.41, 5.74) is 2.04. The van der Waals surface area contributed by atoms with Crippen molar-refractivity contribution >= 4 is 5.70 Å². The van der Waals surface area contributed by atoms with Gasteiger partial charge in [-0.15, -0.1) is 0 Å². The molecule has 0 aliphatic carbocycles. The van der Waals surface area contributed by atoms with Gasteiger partial charge in [0.15, 0.2) is 0 Å². The van der Waals surface area contributed by atoms with E-state index in [0.717, 1.165) is 11.4 Å². The van der Waals surface area contributed by atoms with Crippen molar-refractivity contribution in [2.45, 2.75) is 0 Å². The maximum absolute atomic E-state index is 9.10. The molecule has 18 heavy (non-hydrogen) atoms. The Morgan fingerprint density at radius 3 is 2.78 bits per heavy atom. The fraction of sp³-hybridized carbons (Fsp3) is 0.154. The number of hydrogen-bond donors (Lipinski definition) is 0. The summed E-state index contributed by atoms with van der Waals surface area (Å²) in [6.45, 7) is 0. The molecule has 0 aliphatic heterocycles. The Kier molecular flexibility index (Phi) is 3.39. The van der Waals surface area contributed by atoms with E-state index < -0.39 is 0 Å². The summed E-state index contributed by atoms with van der Waals surface area (Å²) in [6.07, 6.45) is 6.86. The zero-order valence-corrected chi connectivity index (χ0v) is 10.3. The first-order valence-electron chi connectivity index (χ1n) is 5.45. The van der Waals surface area contributed by atoms with Gasteiger partial charge in [0.2, 0.25) is 0 Å². The maximum atomic E-state index is 9.10. The quantitative estimate of drug-likeness (QED) is 0.767. The molecule has 0 radical (unpaired) electrons. The third-order valence-electron chi connectivity index (χ3n) is 2.28. The fourth-order valence-corrected chi connectivity index (χ4v) is 1.50. The van der Waals surface area contributed by atoms with E-state index in [2.05, 4.69) is 16.0 Å². The molecule has 90 valence electrons. The van der Waals surface area contributed by atoms with Gasteiger partial charge in [0.05, 0.1) is 5.69 Å². The number of allylic oxidation sites excluding steroid dienone is 1. The van der Waals surface area contributed by atoms with E-state index in [4.69, 9.17) is 5.26 Å². The van der Waals surface area contributed by atoms with E-state index in [9.17, 15) is 0 Å². The van der Waals surface area contributed by atoms with Gasteiger partial charge < -0.3 is 4.90 Å². The van der Waals surface area contributed by atoms with Crippen LogP contribution in [0.1, 0.15) is 0 Å². The van der Waals surface area contributed by atoms with Gasteiger partial charge in [-0.3, -0.25) is 9.55 Å². The second kappa shape index (κ2) is 5.15. The van der Waals surface area contributed by atoms with Gasteiger partial charge >= 0.3 is 0 Å². The van der Waals surface area contributed by atoms with Crippen LogP contribution in [0.4, 0.5) is 0 Å². The highest BCUT2D eigenvalue weighted by atomic mass is 15.1. The number of imidazole rings is 1. The van der Waals surface area contributed by atoms with Crippen LogP contribution >= 0.6 is 0 Å². The largest absolute Gasteiger partial charge is 0.381 e. The molecular formula is C13H13N5. The van der Waals surface area contributed by atoms with Crippen molar-refractivity contribution in [3.05, 3.63) is 43.1 Å². The van der Waals surface area contributed by atoms with Crippen LogP contribution in [0, 0.1) is 11.3 Å². The summed E-state index contributed by atoms with van der Waals surface area (Å²) in [5.74, 6) is 0. The van der Waals surface area contributed by atoms with Crippen molar-refractivity contribution in [2.75, 3.05) is 14.1 Å².